The number of aromatic nitrogens is 2. The van der Waals surface area contributed by atoms with E-state index in [0.29, 0.717) is 10.9 Å². The molecule has 102 valence electrons. The van der Waals surface area contributed by atoms with Gasteiger partial charge in [-0.05, 0) is 37.6 Å². The highest BCUT2D eigenvalue weighted by Gasteiger charge is 2.26. The second kappa shape index (κ2) is 4.49. The van der Waals surface area contributed by atoms with Gasteiger partial charge in [-0.1, -0.05) is 17.7 Å². The van der Waals surface area contributed by atoms with Crippen molar-refractivity contribution in [2.45, 2.75) is 19.4 Å². The topological polar surface area (TPSA) is 48.0 Å². The Morgan fingerprint density at radius 3 is 2.80 bits per heavy atom. The van der Waals surface area contributed by atoms with Gasteiger partial charge in [0.05, 0.1) is 17.3 Å². The van der Waals surface area contributed by atoms with Crippen LogP contribution in [0.3, 0.4) is 0 Å². The Hall–Kier alpha value is -2.07. The maximum absolute atomic E-state index is 11.4. The van der Waals surface area contributed by atoms with Gasteiger partial charge in [-0.25, -0.2) is 9.78 Å². The van der Waals surface area contributed by atoms with E-state index in [2.05, 4.69) is 18.8 Å². The summed E-state index contributed by atoms with van der Waals surface area (Å²) in [6.07, 6.45) is 3.66. The van der Waals surface area contributed by atoms with Gasteiger partial charge in [0.2, 0.25) is 0 Å². The van der Waals surface area contributed by atoms with Crippen LogP contribution in [0.25, 0.3) is 11.5 Å². The normalized spacial score (nSPS) is 11.9. The molecule has 0 spiro atoms. The van der Waals surface area contributed by atoms with E-state index in [4.69, 9.17) is 16.0 Å². The van der Waals surface area contributed by atoms with E-state index in [0.717, 1.165) is 11.3 Å². The second-order valence-corrected chi connectivity index (χ2v) is 5.51. The first-order chi connectivity index (χ1) is 9.48. The average Bonchev–Trinajstić information content (AvgIpc) is 2.78. The molecule has 4 nitrogen and oxygen atoms in total. The third-order valence-corrected chi connectivity index (χ3v) is 3.72. The molecule has 0 bridgehead atoms. The van der Waals surface area contributed by atoms with Crippen molar-refractivity contribution in [3.63, 3.8) is 0 Å². The first-order valence-electron chi connectivity index (χ1n) is 6.22. The number of hydrogen-bond donors (Lipinski definition) is 0. The Labute approximate surface area is 121 Å². The summed E-state index contributed by atoms with van der Waals surface area (Å²) in [5, 5.41) is 0.456. The summed E-state index contributed by atoms with van der Waals surface area (Å²) in [4.78, 5) is 15.6. The van der Waals surface area contributed by atoms with Crippen LogP contribution in [0, 0.1) is 0 Å². The third kappa shape index (κ3) is 2.02. The molecule has 0 N–H and O–H groups in total. The van der Waals surface area contributed by atoms with E-state index in [-0.39, 0.29) is 11.2 Å². The molecule has 2 aliphatic rings. The predicted octanol–water partition coefficient (Wildman–Crippen LogP) is 3.38. The maximum atomic E-state index is 11.4. The summed E-state index contributed by atoms with van der Waals surface area (Å²) >= 11 is 5.83. The quantitative estimate of drug-likeness (QED) is 0.679. The smallest absolute Gasteiger partial charge is 0.338 e. The monoisotopic (exact) mass is 288 g/mol. The molecule has 0 aromatic carbocycles. The van der Waals surface area contributed by atoms with Crippen molar-refractivity contribution in [2.75, 3.05) is 0 Å². The zero-order valence-electron chi connectivity index (χ0n) is 11.1. The van der Waals surface area contributed by atoms with Gasteiger partial charge in [0.15, 0.2) is 5.76 Å². The molecule has 3 rings (SSSR count). The minimum Gasteiger partial charge on any atom is -0.421 e. The molecule has 0 saturated heterocycles. The first-order valence-corrected chi connectivity index (χ1v) is 6.60. The summed E-state index contributed by atoms with van der Waals surface area (Å²) in [5.74, 6) is 0.576. The number of pyridine rings is 2. The van der Waals surface area contributed by atoms with Gasteiger partial charge in [-0.2, -0.15) is 0 Å². The summed E-state index contributed by atoms with van der Waals surface area (Å²) in [6, 6.07) is 8.83. The van der Waals surface area contributed by atoms with Crippen LogP contribution in [0.15, 0.2) is 51.9 Å². The van der Waals surface area contributed by atoms with Crippen LogP contribution >= 0.6 is 11.6 Å². The van der Waals surface area contributed by atoms with Crippen LogP contribution in [0.2, 0.25) is 5.15 Å². The number of nitrogens with zero attached hydrogens (tertiary/aromatic N) is 2. The molecule has 0 saturated carbocycles. The van der Waals surface area contributed by atoms with Crippen molar-refractivity contribution in [2.24, 2.45) is 0 Å². The lowest BCUT2D eigenvalue weighted by Gasteiger charge is -2.30. The Bertz CT molecular complexity index is 771. The summed E-state index contributed by atoms with van der Waals surface area (Å²) in [7, 11) is 0. The second-order valence-electron chi connectivity index (χ2n) is 5.12. The standard InChI is InChI=1S/C15H13ClN2O2/c1-15(2,10-5-6-13(16)17-9-10)18-7-3-4-12-11(18)8-14(19)20-12/h3-9H,1-2H3. The van der Waals surface area contributed by atoms with E-state index in [1.165, 1.54) is 6.07 Å². The Morgan fingerprint density at radius 2 is 2.10 bits per heavy atom. The average molecular weight is 289 g/mol. The molecule has 0 fully saturated rings. The van der Waals surface area contributed by atoms with Gasteiger partial charge in [0, 0.05) is 12.4 Å². The van der Waals surface area contributed by atoms with Gasteiger partial charge >= 0.3 is 5.63 Å². The molecule has 1 aromatic heterocycles. The lowest BCUT2D eigenvalue weighted by atomic mass is 9.94. The van der Waals surface area contributed by atoms with E-state index in [1.807, 2.05) is 22.9 Å². The molecular weight excluding hydrogens is 276 g/mol. The molecule has 3 heterocycles. The lowest BCUT2D eigenvalue weighted by Crippen LogP contribution is -2.28. The van der Waals surface area contributed by atoms with Crippen LogP contribution in [0.1, 0.15) is 19.4 Å². The molecule has 5 heteroatoms. The highest BCUT2D eigenvalue weighted by atomic mass is 35.5. The van der Waals surface area contributed by atoms with Gasteiger partial charge in [-0.15, -0.1) is 0 Å². The van der Waals surface area contributed by atoms with Crippen LogP contribution in [-0.4, -0.2) is 9.55 Å². The third-order valence-electron chi connectivity index (χ3n) is 3.50. The first kappa shape index (κ1) is 12.9. The maximum Gasteiger partial charge on any atom is 0.338 e. The number of fused-ring (bicyclic) bond motifs is 1. The van der Waals surface area contributed by atoms with Crippen molar-refractivity contribution < 1.29 is 4.42 Å². The SMILES string of the molecule is CC(C)(c1ccc(Cl)nc1)n1cccc2oc(=O)cc1-2. The summed E-state index contributed by atoms with van der Waals surface area (Å²) in [6.45, 7) is 4.10. The Balaban J connectivity index is 2.18. The minimum absolute atomic E-state index is 0.343. The van der Waals surface area contributed by atoms with E-state index < -0.39 is 0 Å². The fourth-order valence-electron chi connectivity index (χ4n) is 2.34. The van der Waals surface area contributed by atoms with E-state index in [9.17, 15) is 4.79 Å². The Kier molecular flexibility index (Phi) is 2.91. The van der Waals surface area contributed by atoms with Crippen LogP contribution < -0.4 is 5.63 Å². The lowest BCUT2D eigenvalue weighted by molar-refractivity contribution is 0.432. The summed E-state index contributed by atoms with van der Waals surface area (Å²) in [5.41, 5.74) is 1.03. The zero-order chi connectivity index (χ0) is 14.3. The highest BCUT2D eigenvalue weighted by molar-refractivity contribution is 6.29. The van der Waals surface area contributed by atoms with Crippen LogP contribution in [0.4, 0.5) is 0 Å². The van der Waals surface area contributed by atoms with Crippen molar-refractivity contribution in [3.8, 4) is 11.5 Å². The van der Waals surface area contributed by atoms with Gasteiger partial charge in [0.25, 0.3) is 0 Å². The van der Waals surface area contributed by atoms with Crippen molar-refractivity contribution in [1.29, 1.82) is 0 Å². The van der Waals surface area contributed by atoms with Crippen LogP contribution in [-0.2, 0) is 5.54 Å². The van der Waals surface area contributed by atoms with Gasteiger partial charge in [-0.3, -0.25) is 0 Å². The van der Waals surface area contributed by atoms with Crippen LogP contribution in [0.5, 0.6) is 0 Å². The van der Waals surface area contributed by atoms with Gasteiger partial charge in [0.1, 0.15) is 5.15 Å². The molecule has 0 atom stereocenters. The highest BCUT2D eigenvalue weighted by Crippen LogP contribution is 2.31. The summed E-state index contributed by atoms with van der Waals surface area (Å²) < 4.78 is 7.14. The van der Waals surface area contributed by atoms with E-state index in [1.54, 1.807) is 18.3 Å². The number of furan rings is 1. The molecule has 0 amide bonds. The van der Waals surface area contributed by atoms with E-state index >= 15 is 0 Å². The number of hydrogen-bond acceptors (Lipinski definition) is 3. The number of rotatable bonds is 2. The fourth-order valence-corrected chi connectivity index (χ4v) is 2.45. The molecule has 0 aliphatic carbocycles. The molecule has 2 aliphatic heterocycles. The molecular formula is C15H13ClN2O2. The molecule has 20 heavy (non-hydrogen) atoms. The largest absolute Gasteiger partial charge is 0.421 e. The van der Waals surface area contributed by atoms with Crippen molar-refractivity contribution >= 4 is 11.6 Å². The zero-order valence-corrected chi connectivity index (χ0v) is 11.9. The molecule has 0 radical (unpaired) electrons. The van der Waals surface area contributed by atoms with Crippen molar-refractivity contribution in [3.05, 3.63) is 63.9 Å². The fraction of sp³-hybridized carbons (Fsp3) is 0.200. The number of halogens is 1. The molecule has 1 aromatic rings. The minimum atomic E-state index is -0.382. The van der Waals surface area contributed by atoms with Crippen molar-refractivity contribution in [1.82, 2.24) is 9.55 Å². The Morgan fingerprint density at radius 1 is 1.30 bits per heavy atom. The predicted molar refractivity (Wildman–Crippen MR) is 77.3 cm³/mol. The van der Waals surface area contributed by atoms with Gasteiger partial charge < -0.3 is 8.98 Å². The molecule has 0 unspecified atom stereocenters.